The fourth-order valence-electron chi connectivity index (χ4n) is 1.92. The van der Waals surface area contributed by atoms with Crippen molar-refractivity contribution in [2.75, 3.05) is 18.0 Å². The Bertz CT molecular complexity index is 557. The van der Waals surface area contributed by atoms with Gasteiger partial charge in [-0.3, -0.25) is 19.3 Å². The lowest BCUT2D eigenvalue weighted by atomic mass is 10.1. The SMILES string of the molecule is CCCNC(=O)CN1C(=O)C(=O)c2c(Br)cccc21. The zero-order valence-corrected chi connectivity index (χ0v) is 12.0. The Balaban J connectivity index is 2.24. The Morgan fingerprint density at radius 3 is 2.79 bits per heavy atom. The van der Waals surface area contributed by atoms with Gasteiger partial charge in [-0.25, -0.2) is 0 Å². The Kier molecular flexibility index (Phi) is 3.99. The summed E-state index contributed by atoms with van der Waals surface area (Å²) in [6.45, 7) is 2.37. The first-order chi connectivity index (χ1) is 9.06. The minimum atomic E-state index is -0.659. The number of benzene rings is 1. The van der Waals surface area contributed by atoms with E-state index in [1.807, 2.05) is 6.92 Å². The summed E-state index contributed by atoms with van der Waals surface area (Å²) < 4.78 is 0.569. The molecule has 5 nitrogen and oxygen atoms in total. The van der Waals surface area contributed by atoms with Crippen LogP contribution in [0, 0.1) is 0 Å². The van der Waals surface area contributed by atoms with E-state index in [0.717, 1.165) is 6.42 Å². The molecule has 0 saturated heterocycles. The highest BCUT2D eigenvalue weighted by Gasteiger charge is 2.38. The number of ketones is 1. The summed E-state index contributed by atoms with van der Waals surface area (Å²) in [5.74, 6) is -1.50. The van der Waals surface area contributed by atoms with Crippen LogP contribution in [0.3, 0.4) is 0 Å². The second kappa shape index (κ2) is 5.52. The molecule has 1 aliphatic heterocycles. The fraction of sp³-hybridized carbons (Fsp3) is 0.308. The lowest BCUT2D eigenvalue weighted by Crippen LogP contribution is -2.40. The Morgan fingerprint density at radius 2 is 2.11 bits per heavy atom. The Labute approximate surface area is 119 Å². The number of fused-ring (bicyclic) bond motifs is 1. The van der Waals surface area contributed by atoms with Gasteiger partial charge in [-0.05, 0) is 34.5 Å². The molecule has 0 aromatic heterocycles. The summed E-state index contributed by atoms with van der Waals surface area (Å²) in [4.78, 5) is 36.7. The summed E-state index contributed by atoms with van der Waals surface area (Å²) in [5, 5.41) is 2.68. The second-order valence-corrected chi connectivity index (χ2v) is 5.06. The molecule has 6 heteroatoms. The van der Waals surface area contributed by atoms with Gasteiger partial charge < -0.3 is 5.32 Å². The first-order valence-electron chi connectivity index (χ1n) is 5.97. The number of nitrogens with one attached hydrogen (secondary N) is 1. The first kappa shape index (κ1) is 13.7. The summed E-state index contributed by atoms with van der Waals surface area (Å²) in [5.41, 5.74) is 0.812. The molecule has 0 aliphatic carbocycles. The van der Waals surface area contributed by atoms with Crippen LogP contribution in [0.5, 0.6) is 0 Å². The molecule has 1 aromatic rings. The number of anilines is 1. The highest BCUT2D eigenvalue weighted by atomic mass is 79.9. The van der Waals surface area contributed by atoms with Crippen LogP contribution in [0.4, 0.5) is 5.69 Å². The van der Waals surface area contributed by atoms with Crippen LogP contribution in [0.25, 0.3) is 0 Å². The van der Waals surface area contributed by atoms with E-state index in [4.69, 9.17) is 0 Å². The molecule has 2 amide bonds. The largest absolute Gasteiger partial charge is 0.355 e. The minimum Gasteiger partial charge on any atom is -0.355 e. The van der Waals surface area contributed by atoms with Crippen LogP contribution in [-0.4, -0.2) is 30.7 Å². The zero-order chi connectivity index (χ0) is 14.0. The summed E-state index contributed by atoms with van der Waals surface area (Å²) >= 11 is 3.25. The minimum absolute atomic E-state index is 0.131. The maximum Gasteiger partial charge on any atom is 0.299 e. The third-order valence-corrected chi connectivity index (χ3v) is 3.48. The standard InChI is InChI=1S/C13H13BrN2O3/c1-2-6-15-10(17)7-16-9-5-3-4-8(14)11(9)12(18)13(16)19/h3-5H,2,6-7H2,1H3,(H,15,17). The fourth-order valence-corrected chi connectivity index (χ4v) is 2.46. The van der Waals surface area contributed by atoms with E-state index < -0.39 is 11.7 Å². The molecular formula is C13H13BrN2O3. The van der Waals surface area contributed by atoms with Crippen molar-refractivity contribution in [3.63, 3.8) is 0 Å². The van der Waals surface area contributed by atoms with Gasteiger partial charge in [-0.1, -0.05) is 13.0 Å². The van der Waals surface area contributed by atoms with Crippen molar-refractivity contribution in [2.24, 2.45) is 0 Å². The summed E-state index contributed by atoms with van der Waals surface area (Å²) in [7, 11) is 0. The molecule has 0 radical (unpaired) electrons. The number of amides is 2. The number of nitrogens with zero attached hydrogens (tertiary/aromatic N) is 1. The van der Waals surface area contributed by atoms with E-state index in [0.29, 0.717) is 22.3 Å². The molecule has 1 N–H and O–H groups in total. The van der Waals surface area contributed by atoms with Crippen molar-refractivity contribution < 1.29 is 14.4 Å². The van der Waals surface area contributed by atoms with Crippen molar-refractivity contribution >= 4 is 39.2 Å². The van der Waals surface area contributed by atoms with Crippen LogP contribution >= 0.6 is 15.9 Å². The molecule has 0 fully saturated rings. The quantitative estimate of drug-likeness (QED) is 0.853. The molecule has 1 aliphatic rings. The maximum absolute atomic E-state index is 11.9. The normalized spacial score (nSPS) is 13.7. The van der Waals surface area contributed by atoms with Crippen molar-refractivity contribution in [1.82, 2.24) is 5.32 Å². The van der Waals surface area contributed by atoms with Gasteiger partial charge in [0.1, 0.15) is 6.54 Å². The molecule has 1 heterocycles. The van der Waals surface area contributed by atoms with Crippen LogP contribution in [0.1, 0.15) is 23.7 Å². The van der Waals surface area contributed by atoms with Gasteiger partial charge in [0.25, 0.3) is 11.7 Å². The molecule has 0 saturated carbocycles. The van der Waals surface area contributed by atoms with Crippen LogP contribution in [-0.2, 0) is 9.59 Å². The summed E-state index contributed by atoms with van der Waals surface area (Å²) in [6.07, 6.45) is 0.820. The van der Waals surface area contributed by atoms with Gasteiger partial charge in [-0.2, -0.15) is 0 Å². The molecule has 0 bridgehead atoms. The average Bonchev–Trinajstić information content (AvgIpc) is 2.63. The smallest absolute Gasteiger partial charge is 0.299 e. The number of hydrogen-bond donors (Lipinski definition) is 1. The number of hydrogen-bond acceptors (Lipinski definition) is 3. The number of carbonyl (C=O) groups is 3. The van der Waals surface area contributed by atoms with E-state index in [9.17, 15) is 14.4 Å². The van der Waals surface area contributed by atoms with E-state index >= 15 is 0 Å². The van der Waals surface area contributed by atoms with Crippen molar-refractivity contribution in [2.45, 2.75) is 13.3 Å². The topological polar surface area (TPSA) is 66.5 Å². The first-order valence-corrected chi connectivity index (χ1v) is 6.77. The lowest BCUT2D eigenvalue weighted by Gasteiger charge is -2.15. The highest BCUT2D eigenvalue weighted by Crippen LogP contribution is 2.33. The molecule has 19 heavy (non-hydrogen) atoms. The average molecular weight is 325 g/mol. The molecule has 0 spiro atoms. The number of Topliss-reactive ketones (excluding diaryl/α,β-unsaturated/α-hetero) is 1. The number of carbonyl (C=O) groups excluding carboxylic acids is 3. The van der Waals surface area contributed by atoms with E-state index in [2.05, 4.69) is 21.2 Å². The van der Waals surface area contributed by atoms with Gasteiger partial charge in [0, 0.05) is 11.0 Å². The predicted octanol–water partition coefficient (Wildman–Crippen LogP) is 1.50. The van der Waals surface area contributed by atoms with Crippen LogP contribution in [0.15, 0.2) is 22.7 Å². The van der Waals surface area contributed by atoms with Gasteiger partial charge in [0.05, 0.1) is 11.3 Å². The molecule has 0 unspecified atom stereocenters. The molecular weight excluding hydrogens is 312 g/mol. The Hall–Kier alpha value is -1.69. The van der Waals surface area contributed by atoms with Gasteiger partial charge in [0.15, 0.2) is 0 Å². The monoisotopic (exact) mass is 324 g/mol. The van der Waals surface area contributed by atoms with E-state index in [1.54, 1.807) is 18.2 Å². The van der Waals surface area contributed by atoms with Crippen LogP contribution in [0.2, 0.25) is 0 Å². The zero-order valence-electron chi connectivity index (χ0n) is 10.4. The van der Waals surface area contributed by atoms with Gasteiger partial charge in [-0.15, -0.1) is 0 Å². The Morgan fingerprint density at radius 1 is 1.37 bits per heavy atom. The third-order valence-electron chi connectivity index (χ3n) is 2.82. The predicted molar refractivity (Wildman–Crippen MR) is 74.1 cm³/mol. The third kappa shape index (κ3) is 2.53. The van der Waals surface area contributed by atoms with E-state index in [1.165, 1.54) is 4.90 Å². The molecule has 100 valence electrons. The molecule has 0 atom stereocenters. The number of rotatable bonds is 4. The van der Waals surface area contributed by atoms with Gasteiger partial charge >= 0.3 is 0 Å². The van der Waals surface area contributed by atoms with Crippen molar-refractivity contribution in [3.05, 3.63) is 28.2 Å². The lowest BCUT2D eigenvalue weighted by molar-refractivity contribution is -0.122. The number of halogens is 1. The second-order valence-electron chi connectivity index (χ2n) is 4.20. The van der Waals surface area contributed by atoms with Crippen molar-refractivity contribution in [1.29, 1.82) is 0 Å². The van der Waals surface area contributed by atoms with Crippen molar-refractivity contribution in [3.8, 4) is 0 Å². The van der Waals surface area contributed by atoms with Gasteiger partial charge in [0.2, 0.25) is 5.91 Å². The highest BCUT2D eigenvalue weighted by molar-refractivity contribution is 9.10. The molecule has 1 aromatic carbocycles. The van der Waals surface area contributed by atoms with E-state index in [-0.39, 0.29) is 12.5 Å². The molecule has 2 rings (SSSR count). The maximum atomic E-state index is 11.9. The summed E-state index contributed by atoms with van der Waals surface area (Å²) in [6, 6.07) is 5.09. The van der Waals surface area contributed by atoms with Crippen LogP contribution < -0.4 is 10.2 Å².